The van der Waals surface area contributed by atoms with Gasteiger partial charge in [-0.15, -0.1) is 0 Å². The van der Waals surface area contributed by atoms with Crippen molar-refractivity contribution in [3.8, 4) is 5.75 Å². The monoisotopic (exact) mass is 346 g/mol. The second-order valence-corrected chi connectivity index (χ2v) is 8.28. The molecular weight excluding hydrogens is 308 g/mol. The van der Waals surface area contributed by atoms with E-state index in [2.05, 4.69) is 58.9 Å². The van der Waals surface area contributed by atoms with E-state index in [0.29, 0.717) is 17.8 Å². The largest absolute Gasteiger partial charge is 0.465 e. The number of rotatable bonds is 9. The van der Waals surface area contributed by atoms with Gasteiger partial charge in [-0.1, -0.05) is 58.6 Å². The molecule has 2 unspecified atom stereocenters. The molecule has 1 aromatic rings. The van der Waals surface area contributed by atoms with E-state index in [0.717, 1.165) is 5.75 Å². The summed E-state index contributed by atoms with van der Waals surface area (Å²) in [6.45, 7) is 11.1. The molecule has 1 aromatic carbocycles. The Hall–Kier alpha value is -1.02. The van der Waals surface area contributed by atoms with Gasteiger partial charge in [-0.3, -0.25) is 0 Å². The molecule has 0 N–H and O–H groups in total. The first-order chi connectivity index (χ1) is 12.0. The zero-order chi connectivity index (χ0) is 18.2. The summed E-state index contributed by atoms with van der Waals surface area (Å²) in [6.07, 6.45) is 8.97. The molecule has 0 heterocycles. The van der Waals surface area contributed by atoms with E-state index < -0.39 is 0 Å². The molecule has 0 spiro atoms. The Kier molecular flexibility index (Phi) is 8.29. The van der Waals surface area contributed by atoms with Crippen LogP contribution in [0.25, 0.3) is 0 Å². The van der Waals surface area contributed by atoms with E-state index >= 15 is 0 Å². The van der Waals surface area contributed by atoms with Crippen LogP contribution in [0.15, 0.2) is 24.3 Å². The Labute approximate surface area is 155 Å². The van der Waals surface area contributed by atoms with Crippen molar-refractivity contribution in [3.05, 3.63) is 29.8 Å². The highest BCUT2D eigenvalue weighted by Crippen LogP contribution is 2.33. The number of hydrogen-bond acceptors (Lipinski definition) is 2. The molecule has 0 radical (unpaired) electrons. The van der Waals surface area contributed by atoms with Crippen molar-refractivity contribution in [1.82, 2.24) is 0 Å². The van der Waals surface area contributed by atoms with Crippen molar-refractivity contribution in [1.29, 1.82) is 0 Å². The summed E-state index contributed by atoms with van der Waals surface area (Å²) in [5.74, 6) is 2.78. The molecule has 0 aliphatic heterocycles. The smallest absolute Gasteiger partial charge is 0.202 e. The summed E-state index contributed by atoms with van der Waals surface area (Å²) in [4.78, 5) is 0. The summed E-state index contributed by atoms with van der Waals surface area (Å²) in [7, 11) is 0. The third-order valence-corrected chi connectivity index (χ3v) is 5.41. The van der Waals surface area contributed by atoms with Crippen molar-refractivity contribution in [2.24, 2.45) is 11.8 Å². The predicted molar refractivity (Wildman–Crippen MR) is 106 cm³/mol. The maximum Gasteiger partial charge on any atom is 0.202 e. The molecule has 142 valence electrons. The third kappa shape index (κ3) is 6.33. The maximum absolute atomic E-state index is 6.30. The van der Waals surface area contributed by atoms with Crippen LogP contribution in [0.2, 0.25) is 0 Å². The van der Waals surface area contributed by atoms with Gasteiger partial charge in [0.25, 0.3) is 0 Å². The van der Waals surface area contributed by atoms with E-state index in [-0.39, 0.29) is 12.4 Å². The van der Waals surface area contributed by atoms with Crippen molar-refractivity contribution in [2.75, 3.05) is 0 Å². The molecule has 1 aliphatic rings. The van der Waals surface area contributed by atoms with Gasteiger partial charge in [-0.2, -0.15) is 0 Å². The zero-order valence-corrected chi connectivity index (χ0v) is 17.0. The minimum absolute atomic E-state index is 0.109. The van der Waals surface area contributed by atoms with E-state index in [1.165, 1.54) is 50.5 Å². The van der Waals surface area contributed by atoms with Crippen LogP contribution >= 0.6 is 0 Å². The summed E-state index contributed by atoms with van der Waals surface area (Å²) in [6, 6.07) is 8.78. The van der Waals surface area contributed by atoms with Crippen molar-refractivity contribution >= 4 is 0 Å². The first-order valence-electron chi connectivity index (χ1n) is 10.4. The van der Waals surface area contributed by atoms with Gasteiger partial charge >= 0.3 is 0 Å². The van der Waals surface area contributed by atoms with Crippen LogP contribution < -0.4 is 4.74 Å². The molecule has 0 aromatic heterocycles. The van der Waals surface area contributed by atoms with Crippen LogP contribution in [0.5, 0.6) is 5.75 Å². The van der Waals surface area contributed by atoms with Gasteiger partial charge in [-0.05, 0) is 62.6 Å². The van der Waals surface area contributed by atoms with Crippen LogP contribution in [0.3, 0.4) is 0 Å². The van der Waals surface area contributed by atoms with Crippen LogP contribution in [-0.4, -0.2) is 12.4 Å². The van der Waals surface area contributed by atoms with E-state index in [4.69, 9.17) is 9.47 Å². The average molecular weight is 347 g/mol. The van der Waals surface area contributed by atoms with E-state index in [9.17, 15) is 0 Å². The topological polar surface area (TPSA) is 18.5 Å². The third-order valence-electron chi connectivity index (χ3n) is 5.41. The summed E-state index contributed by atoms with van der Waals surface area (Å²) in [5.41, 5.74) is 1.43. The molecule has 2 rings (SSSR count). The molecule has 1 fully saturated rings. The summed E-state index contributed by atoms with van der Waals surface area (Å²) < 4.78 is 12.4. The highest BCUT2D eigenvalue weighted by atomic mass is 16.7. The van der Waals surface area contributed by atoms with Crippen LogP contribution in [0, 0.1) is 11.8 Å². The Morgan fingerprint density at radius 3 is 2.12 bits per heavy atom. The van der Waals surface area contributed by atoms with Gasteiger partial charge in [0.05, 0.1) is 6.10 Å². The zero-order valence-electron chi connectivity index (χ0n) is 17.0. The molecule has 1 saturated carbocycles. The molecule has 0 bridgehead atoms. The fourth-order valence-electron chi connectivity index (χ4n) is 4.03. The van der Waals surface area contributed by atoms with Gasteiger partial charge in [0, 0.05) is 5.92 Å². The second kappa shape index (κ2) is 10.2. The van der Waals surface area contributed by atoms with Crippen molar-refractivity contribution in [2.45, 2.75) is 97.9 Å². The highest BCUT2D eigenvalue weighted by molar-refractivity contribution is 5.30. The average Bonchev–Trinajstić information content (AvgIpc) is 2.60. The molecule has 2 nitrogen and oxygen atoms in total. The number of ether oxygens (including phenoxy) is 2. The lowest BCUT2D eigenvalue weighted by molar-refractivity contribution is -0.145. The number of benzene rings is 1. The minimum atomic E-state index is -0.109. The fraction of sp³-hybridized carbons (Fsp3) is 0.739. The highest BCUT2D eigenvalue weighted by Gasteiger charge is 2.27. The molecule has 0 saturated heterocycles. The lowest BCUT2D eigenvalue weighted by Gasteiger charge is -2.31. The van der Waals surface area contributed by atoms with Gasteiger partial charge in [-0.25, -0.2) is 0 Å². The van der Waals surface area contributed by atoms with Crippen LogP contribution in [0.1, 0.15) is 91.0 Å². The Morgan fingerprint density at radius 2 is 1.60 bits per heavy atom. The summed E-state index contributed by atoms with van der Waals surface area (Å²) in [5, 5.41) is 0. The molecule has 2 atom stereocenters. The van der Waals surface area contributed by atoms with Crippen molar-refractivity contribution < 1.29 is 9.47 Å². The van der Waals surface area contributed by atoms with Crippen LogP contribution in [0.4, 0.5) is 0 Å². The van der Waals surface area contributed by atoms with Crippen LogP contribution in [-0.2, 0) is 4.74 Å². The van der Waals surface area contributed by atoms with Crippen molar-refractivity contribution in [3.63, 3.8) is 0 Å². The Balaban J connectivity index is 2.05. The number of hydrogen-bond donors (Lipinski definition) is 0. The summed E-state index contributed by atoms with van der Waals surface area (Å²) >= 11 is 0. The lowest BCUT2D eigenvalue weighted by Crippen LogP contribution is -2.33. The molecule has 0 amide bonds. The molecule has 1 aliphatic carbocycles. The first-order valence-corrected chi connectivity index (χ1v) is 10.4. The Bertz CT molecular complexity index is 471. The first kappa shape index (κ1) is 20.3. The molecular formula is C23H38O2. The molecule has 2 heteroatoms. The van der Waals surface area contributed by atoms with E-state index in [1.807, 2.05) is 0 Å². The standard InChI is InChI=1S/C23H38O2/c1-6-10-22(17(2)3)19-13-15-21(16-14-19)25-23(24-18(4)5)20-11-8-7-9-12-20/h13-18,20,22-23H,6-12H2,1-5H3. The van der Waals surface area contributed by atoms with Gasteiger partial charge in [0.15, 0.2) is 0 Å². The second-order valence-electron chi connectivity index (χ2n) is 8.28. The molecule has 25 heavy (non-hydrogen) atoms. The quantitative estimate of drug-likeness (QED) is 0.451. The lowest BCUT2D eigenvalue weighted by atomic mass is 9.85. The van der Waals surface area contributed by atoms with Gasteiger partial charge < -0.3 is 9.47 Å². The van der Waals surface area contributed by atoms with E-state index in [1.54, 1.807) is 0 Å². The SMILES string of the molecule is CCCC(c1ccc(OC(OC(C)C)C2CCCCC2)cc1)C(C)C. The van der Waals surface area contributed by atoms with Gasteiger partial charge in [0.2, 0.25) is 6.29 Å². The maximum atomic E-state index is 6.30. The predicted octanol–water partition coefficient (Wildman–Crippen LogP) is 6.94. The van der Waals surface area contributed by atoms with Gasteiger partial charge in [0.1, 0.15) is 5.75 Å². The normalized spacial score (nSPS) is 18.5. The fourth-order valence-corrected chi connectivity index (χ4v) is 4.03. The Morgan fingerprint density at radius 1 is 0.960 bits per heavy atom. The minimum Gasteiger partial charge on any atom is -0.465 e.